The van der Waals surface area contributed by atoms with E-state index in [1.165, 1.54) is 0 Å². The van der Waals surface area contributed by atoms with Crippen LogP contribution in [0.3, 0.4) is 0 Å². The van der Waals surface area contributed by atoms with Crippen molar-refractivity contribution >= 4 is 17.8 Å². The lowest BCUT2D eigenvalue weighted by Gasteiger charge is -2.21. The summed E-state index contributed by atoms with van der Waals surface area (Å²) in [4.78, 5) is 35.6. The molecular weight excluding hydrogens is 336 g/mol. The molecule has 8 heteroatoms. The zero-order valence-electron chi connectivity index (χ0n) is 14.5. The van der Waals surface area contributed by atoms with Crippen molar-refractivity contribution in [1.29, 1.82) is 0 Å². The highest BCUT2D eigenvalue weighted by atomic mass is 19.1. The zero-order chi connectivity index (χ0) is 19.2. The fourth-order valence-electron chi connectivity index (χ4n) is 1.97. The summed E-state index contributed by atoms with van der Waals surface area (Å²) in [6.45, 7) is 5.09. The van der Waals surface area contributed by atoms with Crippen molar-refractivity contribution in [3.8, 4) is 0 Å². The van der Waals surface area contributed by atoms with E-state index in [1.807, 2.05) is 0 Å². The summed E-state index contributed by atoms with van der Waals surface area (Å²) in [6.07, 6.45) is -0.222. The van der Waals surface area contributed by atoms with E-state index in [0.29, 0.717) is 6.07 Å². The Labute approximate surface area is 144 Å². The average Bonchev–Trinajstić information content (AvgIpc) is 2.47. The number of nitrogens with one attached hydrogen (secondary N) is 1. The van der Waals surface area contributed by atoms with Gasteiger partial charge in [0.25, 0.3) is 5.91 Å². The van der Waals surface area contributed by atoms with Gasteiger partial charge >= 0.3 is 11.9 Å². The van der Waals surface area contributed by atoms with E-state index in [4.69, 9.17) is 4.74 Å². The van der Waals surface area contributed by atoms with E-state index in [9.17, 15) is 23.2 Å². The van der Waals surface area contributed by atoms with E-state index < -0.39 is 41.1 Å². The van der Waals surface area contributed by atoms with Gasteiger partial charge < -0.3 is 14.8 Å². The first-order valence-electron chi connectivity index (χ1n) is 7.58. The Bertz CT molecular complexity index is 635. The largest absolute Gasteiger partial charge is 0.467 e. The normalized spacial score (nSPS) is 12.2. The maximum absolute atomic E-state index is 13.2. The second kappa shape index (κ2) is 8.55. The molecule has 0 aliphatic carbocycles. The Balaban J connectivity index is 2.77. The third-order valence-electron chi connectivity index (χ3n) is 2.97. The van der Waals surface area contributed by atoms with Crippen LogP contribution in [0.4, 0.5) is 8.78 Å². The van der Waals surface area contributed by atoms with Gasteiger partial charge in [-0.3, -0.25) is 9.59 Å². The van der Waals surface area contributed by atoms with Crippen LogP contribution in [-0.4, -0.2) is 36.6 Å². The summed E-state index contributed by atoms with van der Waals surface area (Å²) < 4.78 is 36.1. The fraction of sp³-hybridized carbons (Fsp3) is 0.471. The Kier molecular flexibility index (Phi) is 7.02. The Hall–Kier alpha value is -2.51. The molecule has 138 valence electrons. The molecule has 1 aromatic rings. The van der Waals surface area contributed by atoms with Crippen molar-refractivity contribution < 1.29 is 32.6 Å². The Morgan fingerprint density at radius 2 is 1.68 bits per heavy atom. The number of halogens is 2. The molecular formula is C17H21F2NO5. The van der Waals surface area contributed by atoms with Crippen LogP contribution in [0.1, 0.15) is 44.0 Å². The SMILES string of the molecule is COC(=O)[C@@H](CCC(=O)OC(C)(C)C)NC(=O)c1cc(F)cc(F)c1. The molecule has 0 saturated carbocycles. The van der Waals surface area contributed by atoms with Crippen LogP contribution >= 0.6 is 0 Å². The number of hydrogen-bond acceptors (Lipinski definition) is 5. The van der Waals surface area contributed by atoms with Gasteiger partial charge in [-0.1, -0.05) is 0 Å². The number of amides is 1. The smallest absolute Gasteiger partial charge is 0.328 e. The van der Waals surface area contributed by atoms with Gasteiger partial charge in [-0.05, 0) is 39.3 Å². The number of rotatable bonds is 6. The molecule has 1 N–H and O–H groups in total. The third kappa shape index (κ3) is 7.28. The quantitative estimate of drug-likeness (QED) is 0.791. The van der Waals surface area contributed by atoms with E-state index in [0.717, 1.165) is 19.2 Å². The number of esters is 2. The summed E-state index contributed by atoms with van der Waals surface area (Å²) in [7, 11) is 1.12. The molecule has 0 spiro atoms. The summed E-state index contributed by atoms with van der Waals surface area (Å²) >= 11 is 0. The van der Waals surface area contributed by atoms with Crippen LogP contribution in [0.5, 0.6) is 0 Å². The molecule has 0 fully saturated rings. The minimum atomic E-state index is -1.16. The van der Waals surface area contributed by atoms with Crippen LogP contribution < -0.4 is 5.32 Å². The number of carbonyl (C=O) groups excluding carboxylic acids is 3. The Morgan fingerprint density at radius 1 is 1.12 bits per heavy atom. The third-order valence-corrected chi connectivity index (χ3v) is 2.97. The lowest BCUT2D eigenvalue weighted by atomic mass is 10.1. The topological polar surface area (TPSA) is 81.7 Å². The summed E-state index contributed by atoms with van der Waals surface area (Å²) in [5.41, 5.74) is -0.969. The summed E-state index contributed by atoms with van der Waals surface area (Å²) in [5, 5.41) is 2.30. The predicted octanol–water partition coefficient (Wildman–Crippen LogP) is 2.36. The second-order valence-corrected chi connectivity index (χ2v) is 6.33. The fourth-order valence-corrected chi connectivity index (χ4v) is 1.97. The van der Waals surface area contributed by atoms with Gasteiger partial charge in [0.1, 0.15) is 23.3 Å². The summed E-state index contributed by atoms with van der Waals surface area (Å²) in [5.74, 6) is -4.04. The number of methoxy groups -OCH3 is 1. The lowest BCUT2D eigenvalue weighted by Crippen LogP contribution is -2.42. The molecule has 0 radical (unpaired) electrons. The Morgan fingerprint density at radius 3 is 2.16 bits per heavy atom. The lowest BCUT2D eigenvalue weighted by molar-refractivity contribution is -0.155. The molecule has 1 amide bonds. The monoisotopic (exact) mass is 357 g/mol. The van der Waals surface area contributed by atoms with Gasteiger partial charge in [-0.25, -0.2) is 13.6 Å². The van der Waals surface area contributed by atoms with E-state index in [1.54, 1.807) is 20.8 Å². The standard InChI is InChI=1S/C17H21F2NO5/c1-17(2,3)25-14(21)6-5-13(16(23)24-4)20-15(22)10-7-11(18)9-12(19)8-10/h7-9,13H,5-6H2,1-4H3,(H,20,22)/t13-/m1/s1. The van der Waals surface area contributed by atoms with Crippen molar-refractivity contribution in [2.75, 3.05) is 7.11 Å². The summed E-state index contributed by atoms with van der Waals surface area (Å²) in [6, 6.07) is 1.13. The van der Waals surface area contributed by atoms with Gasteiger partial charge in [-0.2, -0.15) is 0 Å². The van der Waals surface area contributed by atoms with Gasteiger partial charge in [-0.15, -0.1) is 0 Å². The number of carbonyl (C=O) groups is 3. The number of benzene rings is 1. The van der Waals surface area contributed by atoms with Gasteiger partial charge in [0, 0.05) is 18.1 Å². The first-order valence-corrected chi connectivity index (χ1v) is 7.58. The van der Waals surface area contributed by atoms with Gasteiger partial charge in [0.15, 0.2) is 0 Å². The van der Waals surface area contributed by atoms with Crippen LogP contribution in [-0.2, 0) is 19.1 Å². The average molecular weight is 357 g/mol. The van der Waals surface area contributed by atoms with Crippen molar-refractivity contribution in [3.63, 3.8) is 0 Å². The molecule has 1 aromatic carbocycles. The van der Waals surface area contributed by atoms with Crippen LogP contribution in [0.15, 0.2) is 18.2 Å². The van der Waals surface area contributed by atoms with Crippen LogP contribution in [0.2, 0.25) is 0 Å². The van der Waals surface area contributed by atoms with E-state index in [2.05, 4.69) is 10.1 Å². The van der Waals surface area contributed by atoms with Crippen molar-refractivity contribution in [3.05, 3.63) is 35.4 Å². The molecule has 0 saturated heterocycles. The maximum Gasteiger partial charge on any atom is 0.328 e. The number of ether oxygens (including phenoxy) is 2. The first kappa shape index (κ1) is 20.5. The molecule has 0 bridgehead atoms. The van der Waals surface area contributed by atoms with Crippen LogP contribution in [0, 0.1) is 11.6 Å². The molecule has 1 rings (SSSR count). The molecule has 1 atom stereocenters. The molecule has 0 heterocycles. The molecule has 0 aliphatic rings. The van der Waals surface area contributed by atoms with Crippen molar-refractivity contribution in [2.45, 2.75) is 45.3 Å². The zero-order valence-corrected chi connectivity index (χ0v) is 14.5. The van der Waals surface area contributed by atoms with E-state index in [-0.39, 0.29) is 18.4 Å². The predicted molar refractivity (Wildman–Crippen MR) is 84.7 cm³/mol. The van der Waals surface area contributed by atoms with Gasteiger partial charge in [0.2, 0.25) is 0 Å². The first-order chi connectivity index (χ1) is 11.5. The van der Waals surface area contributed by atoms with Crippen molar-refractivity contribution in [1.82, 2.24) is 5.32 Å². The molecule has 0 unspecified atom stereocenters. The molecule has 0 aromatic heterocycles. The highest BCUT2D eigenvalue weighted by molar-refractivity contribution is 5.96. The highest BCUT2D eigenvalue weighted by Gasteiger charge is 2.25. The molecule has 0 aliphatic heterocycles. The molecule has 6 nitrogen and oxygen atoms in total. The maximum atomic E-state index is 13.2. The minimum Gasteiger partial charge on any atom is -0.467 e. The highest BCUT2D eigenvalue weighted by Crippen LogP contribution is 2.12. The van der Waals surface area contributed by atoms with Crippen molar-refractivity contribution in [2.24, 2.45) is 0 Å². The van der Waals surface area contributed by atoms with Gasteiger partial charge in [0.05, 0.1) is 7.11 Å². The molecule has 25 heavy (non-hydrogen) atoms. The van der Waals surface area contributed by atoms with Crippen LogP contribution in [0.25, 0.3) is 0 Å². The van der Waals surface area contributed by atoms with E-state index >= 15 is 0 Å². The number of hydrogen-bond donors (Lipinski definition) is 1. The minimum absolute atomic E-state index is 0.0782. The second-order valence-electron chi connectivity index (χ2n) is 6.33.